The highest BCUT2D eigenvalue weighted by atomic mass is 16.6. The summed E-state index contributed by atoms with van der Waals surface area (Å²) in [5.41, 5.74) is 0.214. The summed E-state index contributed by atoms with van der Waals surface area (Å²) in [5, 5.41) is 13.6. The monoisotopic (exact) mass is 641 g/mol. The molecule has 0 saturated carbocycles. The summed E-state index contributed by atoms with van der Waals surface area (Å²) < 4.78 is 12.7. The minimum absolute atomic E-state index is 0.0673. The number of unbranched alkanes of at least 4 members (excludes halogenated alkanes) is 1. The molecule has 0 unspecified atom stereocenters. The minimum atomic E-state index is -1.40. The zero-order valence-corrected chi connectivity index (χ0v) is 26.7. The van der Waals surface area contributed by atoms with Gasteiger partial charge in [-0.3, -0.25) is 19.2 Å². The molecule has 2 N–H and O–H groups in total. The Kier molecular flexibility index (Phi) is 9.89. The van der Waals surface area contributed by atoms with Crippen LogP contribution >= 0.6 is 0 Å². The maximum Gasteiger partial charge on any atom is 0.313 e. The highest BCUT2D eigenvalue weighted by molar-refractivity contribution is 5.99. The van der Waals surface area contributed by atoms with E-state index < -0.39 is 53.6 Å². The number of likely N-dealkylation sites (tertiary alicyclic amines) is 1. The highest BCUT2D eigenvalue weighted by Crippen LogP contribution is 2.56. The smallest absolute Gasteiger partial charge is 0.313 e. The van der Waals surface area contributed by atoms with E-state index in [-0.39, 0.29) is 37.9 Å². The topological polar surface area (TPSA) is 125 Å². The van der Waals surface area contributed by atoms with Gasteiger partial charge in [0.1, 0.15) is 23.7 Å². The summed E-state index contributed by atoms with van der Waals surface area (Å²) in [6.07, 6.45) is 8.39. The first-order chi connectivity index (χ1) is 22.9. The molecule has 10 heteroatoms. The van der Waals surface area contributed by atoms with Crippen molar-refractivity contribution in [1.82, 2.24) is 15.1 Å². The van der Waals surface area contributed by atoms with E-state index in [1.54, 1.807) is 17.1 Å². The summed E-state index contributed by atoms with van der Waals surface area (Å²) in [7, 11) is 0. The third-order valence-corrected chi connectivity index (χ3v) is 9.77. The number of allylic oxidation sites excluding steroid dienone is 1. The van der Waals surface area contributed by atoms with Crippen LogP contribution in [0, 0.1) is 11.8 Å². The fraction of sp³-hybridized carbons (Fsp3) is 0.459. The molecule has 248 valence electrons. The van der Waals surface area contributed by atoms with Crippen molar-refractivity contribution in [2.24, 2.45) is 11.8 Å². The predicted molar refractivity (Wildman–Crippen MR) is 174 cm³/mol. The van der Waals surface area contributed by atoms with Crippen molar-refractivity contribution >= 4 is 23.7 Å². The summed E-state index contributed by atoms with van der Waals surface area (Å²) >= 11 is 0. The number of cyclic esters (lactones) is 1. The lowest BCUT2D eigenvalue weighted by Gasteiger charge is -2.39. The molecule has 2 aromatic rings. The van der Waals surface area contributed by atoms with E-state index in [0.29, 0.717) is 24.9 Å². The van der Waals surface area contributed by atoms with Crippen LogP contribution in [0.2, 0.25) is 0 Å². The van der Waals surface area contributed by atoms with Gasteiger partial charge in [-0.05, 0) is 30.4 Å². The lowest BCUT2D eigenvalue weighted by molar-refractivity contribution is -0.160. The van der Waals surface area contributed by atoms with Crippen molar-refractivity contribution in [3.8, 4) is 0 Å². The Morgan fingerprint density at radius 3 is 2.47 bits per heavy atom. The Hall–Kier alpha value is -4.28. The first-order valence-electron chi connectivity index (χ1n) is 16.7. The second kappa shape index (κ2) is 14.2. The van der Waals surface area contributed by atoms with Gasteiger partial charge in [0.25, 0.3) is 0 Å². The third-order valence-electron chi connectivity index (χ3n) is 9.77. The number of nitrogens with one attached hydrogen (secondary N) is 1. The van der Waals surface area contributed by atoms with Gasteiger partial charge < -0.3 is 29.7 Å². The van der Waals surface area contributed by atoms with Crippen LogP contribution in [-0.2, 0) is 35.1 Å². The Bertz CT molecular complexity index is 1510. The van der Waals surface area contributed by atoms with Gasteiger partial charge >= 0.3 is 5.97 Å². The molecule has 0 radical (unpaired) electrons. The molecular formula is C37H43N3O7. The van der Waals surface area contributed by atoms with E-state index >= 15 is 0 Å². The van der Waals surface area contributed by atoms with Crippen LogP contribution in [0.1, 0.15) is 49.8 Å². The van der Waals surface area contributed by atoms with Crippen LogP contribution in [0.25, 0.3) is 0 Å². The molecule has 4 aliphatic heterocycles. The molecule has 6 rings (SSSR count). The molecule has 4 aliphatic rings. The molecule has 4 heterocycles. The highest BCUT2D eigenvalue weighted by Gasteiger charge is 2.74. The number of fused-ring (bicyclic) bond motifs is 2. The zero-order chi connectivity index (χ0) is 33.0. The molecule has 7 atom stereocenters. The van der Waals surface area contributed by atoms with E-state index in [1.165, 1.54) is 4.90 Å². The van der Waals surface area contributed by atoms with Crippen LogP contribution in [0.5, 0.6) is 0 Å². The van der Waals surface area contributed by atoms with Gasteiger partial charge in [0.05, 0.1) is 31.2 Å². The summed E-state index contributed by atoms with van der Waals surface area (Å²) in [6, 6.07) is 16.9. The number of benzene rings is 2. The first kappa shape index (κ1) is 32.7. The fourth-order valence-corrected chi connectivity index (χ4v) is 7.44. The van der Waals surface area contributed by atoms with Crippen molar-refractivity contribution in [2.75, 3.05) is 26.2 Å². The number of hydrogen-bond acceptors (Lipinski definition) is 7. The van der Waals surface area contributed by atoms with Crippen molar-refractivity contribution < 1.29 is 33.8 Å². The number of amides is 3. The number of hydrogen-bond donors (Lipinski definition) is 2. The predicted octanol–water partition coefficient (Wildman–Crippen LogP) is 3.12. The average Bonchev–Trinajstić information content (AvgIpc) is 3.74. The SMILES string of the molecule is CCCCN1C/C=C\CCC(=O)NC[C@H](c2ccccc2)OC(=O)[C@@H]2[C@H]3C(=O)N([C@@H](CO)Cc4ccccc4)[C@H](C1=O)[C@]31C=C[C@H]2O1. The van der Waals surface area contributed by atoms with Crippen LogP contribution in [0.4, 0.5) is 0 Å². The van der Waals surface area contributed by atoms with Crippen LogP contribution in [-0.4, -0.2) is 88.6 Å². The van der Waals surface area contributed by atoms with Crippen LogP contribution < -0.4 is 5.32 Å². The maximum atomic E-state index is 14.7. The number of ether oxygens (including phenoxy) is 2. The number of rotatable bonds is 8. The quantitative estimate of drug-likeness (QED) is 0.335. The third kappa shape index (κ3) is 6.36. The van der Waals surface area contributed by atoms with Crippen molar-refractivity contribution in [1.29, 1.82) is 0 Å². The number of carbonyl (C=O) groups excluding carboxylic acids is 4. The molecular weight excluding hydrogens is 598 g/mol. The number of nitrogens with zero attached hydrogens (tertiary/aromatic N) is 2. The van der Waals surface area contributed by atoms with E-state index in [4.69, 9.17) is 9.47 Å². The summed E-state index contributed by atoms with van der Waals surface area (Å²) in [5.74, 6) is -3.55. The summed E-state index contributed by atoms with van der Waals surface area (Å²) in [4.78, 5) is 59.5. The molecule has 2 saturated heterocycles. The van der Waals surface area contributed by atoms with Gasteiger partial charge in [0.15, 0.2) is 0 Å². The van der Waals surface area contributed by atoms with Gasteiger partial charge in [-0.25, -0.2) is 0 Å². The van der Waals surface area contributed by atoms with Crippen molar-refractivity contribution in [3.63, 3.8) is 0 Å². The van der Waals surface area contributed by atoms with E-state index in [0.717, 1.165) is 18.4 Å². The van der Waals surface area contributed by atoms with Gasteiger partial charge in [-0.15, -0.1) is 0 Å². The fourth-order valence-electron chi connectivity index (χ4n) is 7.44. The standard InChI is InChI=1S/C37H43N3O7/c1-2-3-20-39-21-12-6-11-17-30(42)38-23-29(26-15-9-5-10-16-26)46-36(45)31-28-18-19-37(47-28)32(31)34(43)40(33(37)35(39)44)27(24-41)22-25-13-7-4-8-14-25/h4-10,12-16,18-19,27-29,31-33,41H,2-3,11,17,20-24H2,1H3,(H,38,42)/b12-6-/t27-,28-,29-,31+,32+,33-,37+/m1/s1. The second-order valence-corrected chi connectivity index (χ2v) is 12.8. The number of aliphatic hydroxyl groups excluding tert-OH is 1. The van der Waals surface area contributed by atoms with Gasteiger partial charge in [0, 0.05) is 19.5 Å². The molecule has 47 heavy (non-hydrogen) atoms. The number of esters is 1. The lowest BCUT2D eigenvalue weighted by Crippen LogP contribution is -2.59. The maximum absolute atomic E-state index is 14.7. The number of aliphatic hydroxyl groups is 1. The largest absolute Gasteiger partial charge is 0.455 e. The molecule has 2 aromatic carbocycles. The Labute approximate surface area is 275 Å². The summed E-state index contributed by atoms with van der Waals surface area (Å²) in [6.45, 7) is 2.48. The molecule has 3 amide bonds. The number of carbonyl (C=O) groups is 4. The van der Waals surface area contributed by atoms with Crippen molar-refractivity contribution in [2.45, 2.75) is 68.9 Å². The zero-order valence-electron chi connectivity index (χ0n) is 26.7. The van der Waals surface area contributed by atoms with Gasteiger partial charge in [0.2, 0.25) is 17.7 Å². The van der Waals surface area contributed by atoms with E-state index in [9.17, 15) is 24.3 Å². The lowest BCUT2D eigenvalue weighted by atomic mass is 9.74. The average molecular weight is 642 g/mol. The molecule has 10 nitrogen and oxygen atoms in total. The second-order valence-electron chi connectivity index (χ2n) is 12.8. The Morgan fingerprint density at radius 2 is 1.74 bits per heavy atom. The Balaban J connectivity index is 1.42. The van der Waals surface area contributed by atoms with Gasteiger partial charge in [-0.2, -0.15) is 0 Å². The normalized spacial score (nSPS) is 30.6. The molecule has 2 fully saturated rings. The van der Waals surface area contributed by atoms with Gasteiger partial charge in [-0.1, -0.05) is 98.3 Å². The van der Waals surface area contributed by atoms with E-state index in [2.05, 4.69) is 5.32 Å². The molecule has 1 spiro atoms. The minimum Gasteiger partial charge on any atom is -0.455 e. The molecule has 0 aromatic heterocycles. The van der Waals surface area contributed by atoms with Crippen molar-refractivity contribution in [3.05, 3.63) is 96.1 Å². The first-order valence-corrected chi connectivity index (χ1v) is 16.7. The molecule has 0 aliphatic carbocycles. The van der Waals surface area contributed by atoms with Crippen LogP contribution in [0.15, 0.2) is 85.0 Å². The van der Waals surface area contributed by atoms with E-state index in [1.807, 2.05) is 79.7 Å². The van der Waals surface area contributed by atoms with Crippen LogP contribution in [0.3, 0.4) is 0 Å². The Morgan fingerprint density at radius 1 is 1.00 bits per heavy atom. The molecule has 5 bridgehead atoms.